The van der Waals surface area contributed by atoms with Crippen LogP contribution in [0.1, 0.15) is 5.76 Å². The molecule has 0 radical (unpaired) electrons. The zero-order chi connectivity index (χ0) is 24.7. The molecular weight excluding hydrogens is 540 g/mol. The quantitative estimate of drug-likeness (QED) is 0.151. The number of amides is 1. The van der Waals surface area contributed by atoms with Crippen LogP contribution in [0.15, 0.2) is 110 Å². The first-order valence-corrected chi connectivity index (χ1v) is 12.7. The number of nitrogens with zero attached hydrogens (tertiary/aromatic N) is 5. The van der Waals surface area contributed by atoms with Crippen LogP contribution in [0.2, 0.25) is 0 Å². The molecule has 5 rings (SSSR count). The van der Waals surface area contributed by atoms with Crippen molar-refractivity contribution < 1.29 is 9.21 Å². The maximum atomic E-state index is 12.4. The van der Waals surface area contributed by atoms with Crippen LogP contribution in [-0.4, -0.2) is 37.6 Å². The van der Waals surface area contributed by atoms with E-state index in [4.69, 9.17) is 4.42 Å². The highest BCUT2D eigenvalue weighted by Gasteiger charge is 2.17. The van der Waals surface area contributed by atoms with E-state index in [1.54, 1.807) is 18.5 Å². The molecule has 0 aliphatic rings. The fraction of sp³-hybridized carbons (Fsp3) is 0.0385. The Hall–Kier alpha value is -4.02. The van der Waals surface area contributed by atoms with Gasteiger partial charge in [0.15, 0.2) is 11.0 Å². The fourth-order valence-electron chi connectivity index (χ4n) is 3.38. The van der Waals surface area contributed by atoms with E-state index in [9.17, 15) is 4.79 Å². The van der Waals surface area contributed by atoms with Crippen LogP contribution in [0.5, 0.6) is 0 Å². The van der Waals surface area contributed by atoms with Gasteiger partial charge in [-0.1, -0.05) is 58.0 Å². The number of hydrogen-bond donors (Lipinski definition) is 1. The molecule has 8 nitrogen and oxygen atoms in total. The summed E-state index contributed by atoms with van der Waals surface area (Å²) in [6, 6.07) is 25.0. The molecule has 0 saturated heterocycles. The van der Waals surface area contributed by atoms with Crippen molar-refractivity contribution >= 4 is 39.8 Å². The molecule has 0 bridgehead atoms. The monoisotopic (exact) mass is 558 g/mol. The topological polar surface area (TPSA) is 98.2 Å². The molecular formula is C26H19BrN6O2S. The molecule has 0 aliphatic carbocycles. The maximum absolute atomic E-state index is 12.4. The van der Waals surface area contributed by atoms with E-state index in [1.807, 2.05) is 77.4 Å². The largest absolute Gasteiger partial charge is 0.455 e. The summed E-state index contributed by atoms with van der Waals surface area (Å²) in [7, 11) is 0. The lowest BCUT2D eigenvalue weighted by molar-refractivity contribution is -0.118. The molecule has 10 heteroatoms. The molecule has 0 spiro atoms. The first-order chi connectivity index (χ1) is 17.7. The van der Waals surface area contributed by atoms with Crippen molar-refractivity contribution in [3.8, 4) is 28.4 Å². The van der Waals surface area contributed by atoms with Gasteiger partial charge >= 0.3 is 0 Å². The normalized spacial score (nSPS) is 11.1. The minimum absolute atomic E-state index is 0.112. The minimum Gasteiger partial charge on any atom is -0.455 e. The predicted octanol–water partition coefficient (Wildman–Crippen LogP) is 5.59. The van der Waals surface area contributed by atoms with Gasteiger partial charge in [-0.25, -0.2) is 5.43 Å². The number of pyridine rings is 1. The van der Waals surface area contributed by atoms with Gasteiger partial charge in [-0.3, -0.25) is 14.3 Å². The summed E-state index contributed by atoms with van der Waals surface area (Å²) in [6.07, 6.45) is 4.88. The second kappa shape index (κ2) is 11.1. The number of hydrazone groups is 1. The highest BCUT2D eigenvalue weighted by Crippen LogP contribution is 2.27. The summed E-state index contributed by atoms with van der Waals surface area (Å²) in [5.41, 5.74) is 5.26. The third-order valence-corrected chi connectivity index (χ3v) is 6.51. The van der Waals surface area contributed by atoms with Crippen LogP contribution in [0.3, 0.4) is 0 Å². The average Bonchev–Trinajstić information content (AvgIpc) is 3.56. The van der Waals surface area contributed by atoms with E-state index in [-0.39, 0.29) is 11.7 Å². The standard InChI is InChI=1S/C26H19BrN6O2S/c27-20-8-6-18(7-9-20)23-11-10-22(35-23)16-29-30-24(34)17-36-26-32-31-25(19-12-14-28-15-13-19)33(26)21-4-2-1-3-5-21/h1-16H,17H2,(H,30,34)/b29-16-. The zero-order valence-corrected chi connectivity index (χ0v) is 21.2. The van der Waals surface area contributed by atoms with Gasteiger partial charge in [-0.05, 0) is 48.5 Å². The molecule has 1 N–H and O–H groups in total. The van der Waals surface area contributed by atoms with Crippen LogP contribution < -0.4 is 5.43 Å². The molecule has 3 aromatic heterocycles. The van der Waals surface area contributed by atoms with Gasteiger partial charge in [-0.2, -0.15) is 5.10 Å². The number of halogens is 1. The molecule has 0 saturated carbocycles. The van der Waals surface area contributed by atoms with E-state index in [2.05, 4.69) is 41.6 Å². The molecule has 0 fully saturated rings. The summed E-state index contributed by atoms with van der Waals surface area (Å²) in [5, 5.41) is 13.3. The van der Waals surface area contributed by atoms with Crippen LogP contribution in [0.4, 0.5) is 0 Å². The number of thioether (sulfide) groups is 1. The van der Waals surface area contributed by atoms with Crippen LogP contribution in [0, 0.1) is 0 Å². The van der Waals surface area contributed by atoms with Gasteiger partial charge in [0.1, 0.15) is 11.5 Å². The second-order valence-corrected chi connectivity index (χ2v) is 9.36. The highest BCUT2D eigenvalue weighted by atomic mass is 79.9. The van der Waals surface area contributed by atoms with E-state index < -0.39 is 0 Å². The molecule has 2 aromatic carbocycles. The van der Waals surface area contributed by atoms with Gasteiger partial charge in [0, 0.05) is 33.7 Å². The minimum atomic E-state index is -0.274. The molecule has 1 amide bonds. The van der Waals surface area contributed by atoms with Crippen molar-refractivity contribution in [1.29, 1.82) is 0 Å². The number of para-hydroxylation sites is 1. The van der Waals surface area contributed by atoms with Crippen molar-refractivity contribution in [1.82, 2.24) is 25.2 Å². The van der Waals surface area contributed by atoms with Gasteiger partial charge in [0.25, 0.3) is 5.91 Å². The van der Waals surface area contributed by atoms with E-state index >= 15 is 0 Å². The van der Waals surface area contributed by atoms with Crippen LogP contribution >= 0.6 is 27.7 Å². The van der Waals surface area contributed by atoms with Crippen molar-refractivity contribution in [2.24, 2.45) is 5.10 Å². The van der Waals surface area contributed by atoms with Crippen molar-refractivity contribution in [3.63, 3.8) is 0 Å². The molecule has 0 atom stereocenters. The molecule has 0 unspecified atom stereocenters. The summed E-state index contributed by atoms with van der Waals surface area (Å²) >= 11 is 4.70. The van der Waals surface area contributed by atoms with Gasteiger partial charge in [0.05, 0.1) is 12.0 Å². The Morgan fingerprint density at radius 3 is 2.53 bits per heavy atom. The Morgan fingerprint density at radius 2 is 1.75 bits per heavy atom. The summed E-state index contributed by atoms with van der Waals surface area (Å²) in [6.45, 7) is 0. The summed E-state index contributed by atoms with van der Waals surface area (Å²) in [4.78, 5) is 16.5. The van der Waals surface area contributed by atoms with Gasteiger partial charge < -0.3 is 4.42 Å². The molecule has 5 aromatic rings. The lowest BCUT2D eigenvalue weighted by Gasteiger charge is -2.09. The number of carbonyl (C=O) groups excluding carboxylic acids is 1. The second-order valence-electron chi connectivity index (χ2n) is 7.50. The summed E-state index contributed by atoms with van der Waals surface area (Å²) < 4.78 is 8.70. The maximum Gasteiger partial charge on any atom is 0.250 e. The molecule has 0 aliphatic heterocycles. The van der Waals surface area contributed by atoms with E-state index in [1.165, 1.54) is 18.0 Å². The predicted molar refractivity (Wildman–Crippen MR) is 143 cm³/mol. The SMILES string of the molecule is O=C(CSc1nnc(-c2ccncc2)n1-c1ccccc1)N/N=C\c1ccc(-c2ccc(Br)cc2)o1. The van der Waals surface area contributed by atoms with E-state index in [0.29, 0.717) is 16.7 Å². The molecule has 36 heavy (non-hydrogen) atoms. The molecule has 3 heterocycles. The Labute approximate surface area is 219 Å². The van der Waals surface area contributed by atoms with Crippen LogP contribution in [0.25, 0.3) is 28.4 Å². The van der Waals surface area contributed by atoms with Crippen molar-refractivity contribution in [2.75, 3.05) is 5.75 Å². The van der Waals surface area contributed by atoms with Crippen LogP contribution in [-0.2, 0) is 4.79 Å². The third-order valence-electron chi connectivity index (χ3n) is 5.06. The van der Waals surface area contributed by atoms with Crippen molar-refractivity contribution in [2.45, 2.75) is 5.16 Å². The number of hydrogen-bond acceptors (Lipinski definition) is 7. The number of furan rings is 1. The highest BCUT2D eigenvalue weighted by molar-refractivity contribution is 9.10. The number of rotatable bonds is 8. The fourth-order valence-corrected chi connectivity index (χ4v) is 4.39. The number of aromatic nitrogens is 4. The third kappa shape index (κ3) is 5.61. The first-order valence-electron chi connectivity index (χ1n) is 10.9. The smallest absolute Gasteiger partial charge is 0.250 e. The molecule has 178 valence electrons. The Bertz CT molecular complexity index is 1480. The average molecular weight is 559 g/mol. The first kappa shape index (κ1) is 23.7. The lowest BCUT2D eigenvalue weighted by Crippen LogP contribution is -2.19. The van der Waals surface area contributed by atoms with E-state index in [0.717, 1.165) is 27.0 Å². The number of nitrogens with one attached hydrogen (secondary N) is 1. The Kier molecular flexibility index (Phi) is 7.34. The number of carbonyl (C=O) groups is 1. The zero-order valence-electron chi connectivity index (χ0n) is 18.8. The Morgan fingerprint density at radius 1 is 0.972 bits per heavy atom. The lowest BCUT2D eigenvalue weighted by atomic mass is 10.2. The van der Waals surface area contributed by atoms with Gasteiger partial charge in [0.2, 0.25) is 0 Å². The number of benzene rings is 2. The summed E-state index contributed by atoms with van der Waals surface area (Å²) in [5.74, 6) is 1.76. The van der Waals surface area contributed by atoms with Gasteiger partial charge in [-0.15, -0.1) is 10.2 Å². The Balaban J connectivity index is 1.24. The van der Waals surface area contributed by atoms with Crippen molar-refractivity contribution in [3.05, 3.63) is 101 Å².